The summed E-state index contributed by atoms with van der Waals surface area (Å²) in [6.07, 6.45) is 4.67. The fraction of sp³-hybridized carbons (Fsp3) is 0.500. The molecular formula is C14H18FN3O3. The number of nitrogens with zero attached hydrogens (tertiary/aromatic N) is 1. The van der Waals surface area contributed by atoms with Crippen LogP contribution < -0.4 is 11.1 Å². The van der Waals surface area contributed by atoms with Crippen LogP contribution in [0.3, 0.4) is 0 Å². The first-order valence-electron chi connectivity index (χ1n) is 6.99. The van der Waals surface area contributed by atoms with Crippen molar-refractivity contribution >= 4 is 11.6 Å². The van der Waals surface area contributed by atoms with Crippen LogP contribution in [0.4, 0.5) is 10.1 Å². The Labute approximate surface area is 121 Å². The molecular weight excluding hydrogens is 277 g/mol. The van der Waals surface area contributed by atoms with Gasteiger partial charge in [-0.2, -0.15) is 0 Å². The molecule has 21 heavy (non-hydrogen) atoms. The molecule has 2 unspecified atom stereocenters. The smallest absolute Gasteiger partial charge is 0.273 e. The predicted molar refractivity (Wildman–Crippen MR) is 75.4 cm³/mol. The van der Waals surface area contributed by atoms with Gasteiger partial charge in [-0.25, -0.2) is 4.39 Å². The SMILES string of the molecule is NC1CCCCCC1NC(=O)c1cc(F)cc([N+](=O)[O-])c1. The molecule has 0 radical (unpaired) electrons. The van der Waals surface area contributed by atoms with Crippen molar-refractivity contribution in [2.75, 3.05) is 0 Å². The number of nitro groups is 1. The number of halogens is 1. The minimum absolute atomic E-state index is 0.0573. The van der Waals surface area contributed by atoms with Crippen molar-refractivity contribution in [2.24, 2.45) is 5.73 Å². The highest BCUT2D eigenvalue weighted by molar-refractivity contribution is 5.95. The minimum Gasteiger partial charge on any atom is -0.348 e. The highest BCUT2D eigenvalue weighted by Gasteiger charge is 2.23. The molecule has 1 aromatic carbocycles. The lowest BCUT2D eigenvalue weighted by molar-refractivity contribution is -0.385. The van der Waals surface area contributed by atoms with E-state index < -0.39 is 22.3 Å². The molecule has 1 aromatic rings. The lowest BCUT2D eigenvalue weighted by atomic mass is 10.0. The highest BCUT2D eigenvalue weighted by atomic mass is 19.1. The monoisotopic (exact) mass is 295 g/mol. The van der Waals surface area contributed by atoms with Crippen LogP contribution in [0.15, 0.2) is 18.2 Å². The van der Waals surface area contributed by atoms with E-state index in [1.54, 1.807) is 0 Å². The second-order valence-corrected chi connectivity index (χ2v) is 5.34. The Balaban J connectivity index is 2.14. The Morgan fingerprint density at radius 1 is 1.29 bits per heavy atom. The number of nitro benzene ring substituents is 1. The summed E-state index contributed by atoms with van der Waals surface area (Å²) in [5.74, 6) is -1.33. The molecule has 3 N–H and O–H groups in total. The maximum Gasteiger partial charge on any atom is 0.273 e. The summed E-state index contributed by atoms with van der Waals surface area (Å²) in [7, 11) is 0. The topological polar surface area (TPSA) is 98.3 Å². The Kier molecular flexibility index (Phi) is 4.85. The second kappa shape index (κ2) is 6.62. The molecule has 0 saturated heterocycles. The van der Waals surface area contributed by atoms with E-state index in [-0.39, 0.29) is 17.6 Å². The summed E-state index contributed by atoms with van der Waals surface area (Å²) in [5, 5.41) is 13.5. The zero-order valence-electron chi connectivity index (χ0n) is 11.5. The number of nitrogens with one attached hydrogen (secondary N) is 1. The lowest BCUT2D eigenvalue weighted by Crippen LogP contribution is -2.46. The molecule has 2 atom stereocenters. The van der Waals surface area contributed by atoms with Gasteiger partial charge < -0.3 is 11.1 Å². The van der Waals surface area contributed by atoms with Crippen LogP contribution in [0.25, 0.3) is 0 Å². The molecule has 0 heterocycles. The molecule has 1 fully saturated rings. The van der Waals surface area contributed by atoms with Crippen molar-refractivity contribution < 1.29 is 14.1 Å². The first-order valence-corrected chi connectivity index (χ1v) is 6.99. The van der Waals surface area contributed by atoms with E-state index in [1.807, 2.05) is 0 Å². The van der Waals surface area contributed by atoms with Gasteiger partial charge in [0.2, 0.25) is 0 Å². The third-order valence-electron chi connectivity index (χ3n) is 3.74. The van der Waals surface area contributed by atoms with E-state index in [2.05, 4.69) is 5.32 Å². The van der Waals surface area contributed by atoms with Crippen LogP contribution in [0.5, 0.6) is 0 Å². The number of benzene rings is 1. The fourth-order valence-electron chi connectivity index (χ4n) is 2.58. The van der Waals surface area contributed by atoms with E-state index in [9.17, 15) is 19.3 Å². The van der Waals surface area contributed by atoms with Crippen LogP contribution in [-0.2, 0) is 0 Å². The largest absolute Gasteiger partial charge is 0.348 e. The summed E-state index contributed by atoms with van der Waals surface area (Å²) in [5.41, 5.74) is 5.52. The second-order valence-electron chi connectivity index (χ2n) is 5.34. The van der Waals surface area contributed by atoms with Crippen molar-refractivity contribution in [3.05, 3.63) is 39.7 Å². The summed E-state index contributed by atoms with van der Waals surface area (Å²) < 4.78 is 13.4. The Bertz CT molecular complexity index is 550. The highest BCUT2D eigenvalue weighted by Crippen LogP contribution is 2.19. The van der Waals surface area contributed by atoms with Gasteiger partial charge >= 0.3 is 0 Å². The molecule has 7 heteroatoms. The number of carbonyl (C=O) groups is 1. The molecule has 1 aliphatic rings. The van der Waals surface area contributed by atoms with Gasteiger partial charge in [0.1, 0.15) is 5.82 Å². The summed E-state index contributed by atoms with van der Waals surface area (Å²) in [4.78, 5) is 22.1. The zero-order chi connectivity index (χ0) is 15.4. The van der Waals surface area contributed by atoms with Gasteiger partial charge in [0.25, 0.3) is 11.6 Å². The first-order chi connectivity index (χ1) is 9.97. The van der Waals surface area contributed by atoms with Crippen LogP contribution in [0, 0.1) is 15.9 Å². The van der Waals surface area contributed by atoms with Crippen LogP contribution >= 0.6 is 0 Å². The van der Waals surface area contributed by atoms with Crippen molar-refractivity contribution in [3.63, 3.8) is 0 Å². The molecule has 1 saturated carbocycles. The third kappa shape index (κ3) is 3.98. The summed E-state index contributed by atoms with van der Waals surface area (Å²) in [6, 6.07) is 2.53. The van der Waals surface area contributed by atoms with Gasteiger partial charge in [0.05, 0.1) is 11.0 Å². The van der Waals surface area contributed by atoms with Gasteiger partial charge in [-0.05, 0) is 18.9 Å². The maximum atomic E-state index is 13.4. The van der Waals surface area contributed by atoms with Gasteiger partial charge in [-0.3, -0.25) is 14.9 Å². The van der Waals surface area contributed by atoms with Crippen LogP contribution in [-0.4, -0.2) is 22.9 Å². The van der Waals surface area contributed by atoms with Gasteiger partial charge in [-0.15, -0.1) is 0 Å². The molecule has 0 aliphatic heterocycles. The van der Waals surface area contributed by atoms with Crippen molar-refractivity contribution in [3.8, 4) is 0 Å². The molecule has 114 valence electrons. The number of non-ortho nitro benzene ring substituents is 1. The van der Waals surface area contributed by atoms with Crippen LogP contribution in [0.1, 0.15) is 42.5 Å². The molecule has 0 aromatic heterocycles. The molecule has 6 nitrogen and oxygen atoms in total. The van der Waals surface area contributed by atoms with Gasteiger partial charge in [0, 0.05) is 23.7 Å². The number of hydrogen-bond donors (Lipinski definition) is 2. The average molecular weight is 295 g/mol. The number of nitrogens with two attached hydrogens (primary N) is 1. The normalized spacial score (nSPS) is 22.4. The van der Waals surface area contributed by atoms with E-state index >= 15 is 0 Å². The van der Waals surface area contributed by atoms with E-state index in [4.69, 9.17) is 5.73 Å². The van der Waals surface area contributed by atoms with Crippen molar-refractivity contribution in [1.82, 2.24) is 5.32 Å². The zero-order valence-corrected chi connectivity index (χ0v) is 11.5. The Hall–Kier alpha value is -2.02. The van der Waals surface area contributed by atoms with Crippen molar-refractivity contribution in [2.45, 2.75) is 44.2 Å². The quantitative estimate of drug-likeness (QED) is 0.507. The fourth-order valence-corrected chi connectivity index (χ4v) is 2.58. The van der Waals surface area contributed by atoms with Gasteiger partial charge in [-0.1, -0.05) is 19.3 Å². The number of hydrogen-bond acceptors (Lipinski definition) is 4. The third-order valence-corrected chi connectivity index (χ3v) is 3.74. The Morgan fingerprint density at radius 2 is 2.00 bits per heavy atom. The number of rotatable bonds is 3. The van der Waals surface area contributed by atoms with Crippen LogP contribution in [0.2, 0.25) is 0 Å². The lowest BCUT2D eigenvalue weighted by Gasteiger charge is -2.22. The molecule has 0 bridgehead atoms. The minimum atomic E-state index is -0.806. The number of carbonyl (C=O) groups excluding carboxylic acids is 1. The molecule has 0 spiro atoms. The van der Waals surface area contributed by atoms with E-state index in [1.165, 1.54) is 0 Å². The summed E-state index contributed by atoms with van der Waals surface area (Å²) >= 11 is 0. The maximum absolute atomic E-state index is 13.4. The Morgan fingerprint density at radius 3 is 2.71 bits per heavy atom. The standard InChI is InChI=1S/C14H18FN3O3/c15-10-6-9(7-11(8-10)18(20)21)14(19)17-13-5-3-1-2-4-12(13)16/h6-8,12-13H,1-5,16H2,(H,17,19). The summed E-state index contributed by atoms with van der Waals surface area (Å²) in [6.45, 7) is 0. The number of amides is 1. The van der Waals surface area contributed by atoms with E-state index in [0.29, 0.717) is 0 Å². The molecule has 1 amide bonds. The predicted octanol–water partition coefficient (Wildman–Crippen LogP) is 2.12. The van der Waals surface area contributed by atoms with Crippen molar-refractivity contribution in [1.29, 1.82) is 0 Å². The van der Waals surface area contributed by atoms with E-state index in [0.717, 1.165) is 50.3 Å². The molecule has 2 rings (SSSR count). The first kappa shape index (κ1) is 15.4. The van der Waals surface area contributed by atoms with Gasteiger partial charge in [0.15, 0.2) is 0 Å². The average Bonchev–Trinajstić information content (AvgIpc) is 2.63. The molecule has 1 aliphatic carbocycles.